The second-order valence-corrected chi connectivity index (χ2v) is 14.3. The van der Waals surface area contributed by atoms with Crippen molar-refractivity contribution in [1.82, 2.24) is 15.1 Å². The molecule has 3 fully saturated rings. The van der Waals surface area contributed by atoms with Crippen LogP contribution < -0.4 is 5.32 Å². The molecule has 0 bridgehead atoms. The zero-order chi connectivity index (χ0) is 28.8. The number of nitrogens with one attached hydrogen (secondary N) is 1. The average Bonchev–Trinajstić information content (AvgIpc) is 3.17. The summed E-state index contributed by atoms with van der Waals surface area (Å²) in [5.41, 5.74) is 1.92. The van der Waals surface area contributed by atoms with Gasteiger partial charge in [-0.2, -0.15) is 0 Å². The summed E-state index contributed by atoms with van der Waals surface area (Å²) in [6, 6.07) is 5.47. The summed E-state index contributed by atoms with van der Waals surface area (Å²) in [5.74, 6) is 2.13. The van der Waals surface area contributed by atoms with Crippen LogP contribution in [0.25, 0.3) is 0 Å². The molecule has 3 N–H and O–H groups in total. The van der Waals surface area contributed by atoms with Crippen molar-refractivity contribution in [3.05, 3.63) is 29.3 Å². The standard InChI is InChI=1S/C33H51N3O4/c1-21(2)18-29(34-30(38)22(3)4)31(39)36-16-14-35(15-17-36)20-33(40)13-11-28-27-8-6-23-19-24(37)7-9-25(23)26(27)10-12-32(28,33)5/h7,9,19,21-22,26-29,37,40H,6,8,10-18,20H2,1-5H3,(H,34,38)/t26-,27-,28+,29+,32+,33-/m1/s1. The molecule has 1 aliphatic heterocycles. The third-order valence-electron chi connectivity index (χ3n) is 11.0. The lowest BCUT2D eigenvalue weighted by Crippen LogP contribution is -2.60. The average molecular weight is 554 g/mol. The fraction of sp³-hybridized carbons (Fsp3) is 0.758. The van der Waals surface area contributed by atoms with Crippen molar-refractivity contribution in [3.8, 4) is 5.75 Å². The van der Waals surface area contributed by atoms with Crippen LogP contribution in [0, 0.1) is 29.1 Å². The monoisotopic (exact) mass is 553 g/mol. The SMILES string of the molecule is CC(C)C[C@H](NC(=O)C(C)C)C(=O)N1CCN(C[C@]2(O)CC[C@H]3[C@@H]4CCc5cc(O)ccc5[C@H]4CC[C@@]32C)CC1. The van der Waals surface area contributed by atoms with E-state index in [-0.39, 0.29) is 23.1 Å². The minimum Gasteiger partial charge on any atom is -0.508 e. The summed E-state index contributed by atoms with van der Waals surface area (Å²) in [6.07, 6.45) is 6.85. The number of fused-ring (bicyclic) bond motifs is 5. The molecular formula is C33H51N3O4. The van der Waals surface area contributed by atoms with Gasteiger partial charge in [-0.25, -0.2) is 0 Å². The summed E-state index contributed by atoms with van der Waals surface area (Å²) >= 11 is 0. The predicted molar refractivity (Wildman–Crippen MR) is 157 cm³/mol. The third kappa shape index (κ3) is 5.40. The Morgan fingerprint density at radius 3 is 2.45 bits per heavy atom. The highest BCUT2D eigenvalue weighted by molar-refractivity contribution is 5.88. The van der Waals surface area contributed by atoms with Crippen LogP contribution in [-0.2, 0) is 16.0 Å². The van der Waals surface area contributed by atoms with Gasteiger partial charge in [-0.15, -0.1) is 0 Å². The normalized spacial score (nSPS) is 32.9. The number of rotatable bonds is 7. The number of aryl methyl sites for hydroxylation is 1. The highest BCUT2D eigenvalue weighted by Gasteiger charge is 2.61. The van der Waals surface area contributed by atoms with Gasteiger partial charge in [-0.05, 0) is 91.9 Å². The maximum Gasteiger partial charge on any atom is 0.245 e. The van der Waals surface area contributed by atoms with E-state index in [9.17, 15) is 19.8 Å². The van der Waals surface area contributed by atoms with Gasteiger partial charge in [-0.3, -0.25) is 14.5 Å². The van der Waals surface area contributed by atoms with Crippen LogP contribution in [0.4, 0.5) is 0 Å². The number of phenolic OH excluding ortho intramolecular Hbond substituents is 1. The van der Waals surface area contributed by atoms with Gasteiger partial charge in [0.2, 0.25) is 11.8 Å². The van der Waals surface area contributed by atoms with Gasteiger partial charge >= 0.3 is 0 Å². The van der Waals surface area contributed by atoms with E-state index in [2.05, 4.69) is 37.1 Å². The van der Waals surface area contributed by atoms with E-state index in [1.165, 1.54) is 11.1 Å². The molecule has 0 unspecified atom stereocenters. The molecule has 222 valence electrons. The lowest BCUT2D eigenvalue weighted by atomic mass is 9.53. The smallest absolute Gasteiger partial charge is 0.245 e. The molecule has 1 aromatic carbocycles. The van der Waals surface area contributed by atoms with Crippen molar-refractivity contribution in [2.24, 2.45) is 29.1 Å². The number of carbonyl (C=O) groups is 2. The highest BCUT2D eigenvalue weighted by atomic mass is 16.3. The van der Waals surface area contributed by atoms with Crippen molar-refractivity contribution in [2.45, 2.75) is 97.1 Å². The zero-order valence-corrected chi connectivity index (χ0v) is 25.3. The number of hydrogen-bond acceptors (Lipinski definition) is 5. The van der Waals surface area contributed by atoms with E-state index in [4.69, 9.17) is 0 Å². The van der Waals surface area contributed by atoms with Crippen molar-refractivity contribution < 1.29 is 19.8 Å². The fourth-order valence-corrected chi connectivity index (χ4v) is 8.69. The van der Waals surface area contributed by atoms with Crippen LogP contribution >= 0.6 is 0 Å². The van der Waals surface area contributed by atoms with Crippen LogP contribution in [0.15, 0.2) is 18.2 Å². The Morgan fingerprint density at radius 2 is 1.77 bits per heavy atom. The molecule has 7 nitrogen and oxygen atoms in total. The van der Waals surface area contributed by atoms with Gasteiger partial charge < -0.3 is 20.4 Å². The molecule has 0 radical (unpaired) electrons. The number of β-amino-alcohol motifs (C(OH)–C–C–N with tert-alkyl or cyclic N) is 1. The van der Waals surface area contributed by atoms with Crippen LogP contribution in [0.3, 0.4) is 0 Å². The van der Waals surface area contributed by atoms with Gasteiger partial charge in [0.15, 0.2) is 0 Å². The maximum atomic E-state index is 13.4. The zero-order valence-electron chi connectivity index (χ0n) is 25.3. The number of phenols is 1. The van der Waals surface area contributed by atoms with Gasteiger partial charge in [0.25, 0.3) is 0 Å². The van der Waals surface area contributed by atoms with E-state index < -0.39 is 11.6 Å². The number of benzene rings is 1. The van der Waals surface area contributed by atoms with Crippen LogP contribution in [0.2, 0.25) is 0 Å². The topological polar surface area (TPSA) is 93.1 Å². The third-order valence-corrected chi connectivity index (χ3v) is 11.0. The van der Waals surface area contributed by atoms with Crippen LogP contribution in [0.5, 0.6) is 5.75 Å². The minimum atomic E-state index is -0.713. The molecule has 1 heterocycles. The first-order valence-corrected chi connectivity index (χ1v) is 15.8. The Labute approximate surface area is 240 Å². The number of nitrogens with zero attached hydrogens (tertiary/aromatic N) is 2. The maximum absolute atomic E-state index is 13.4. The number of amides is 2. The first-order chi connectivity index (χ1) is 18.9. The second-order valence-electron chi connectivity index (χ2n) is 14.3. The molecule has 3 aliphatic carbocycles. The number of hydrogen-bond donors (Lipinski definition) is 3. The summed E-state index contributed by atoms with van der Waals surface area (Å²) < 4.78 is 0. The first-order valence-electron chi connectivity index (χ1n) is 15.8. The van der Waals surface area contributed by atoms with E-state index >= 15 is 0 Å². The molecule has 0 aromatic heterocycles. The number of aromatic hydroxyl groups is 1. The molecule has 1 aromatic rings. The lowest BCUT2D eigenvalue weighted by Gasteiger charge is -2.54. The van der Waals surface area contributed by atoms with Crippen LogP contribution in [-0.4, -0.2) is 76.2 Å². The molecular weight excluding hydrogens is 502 g/mol. The Kier molecular flexibility index (Phi) is 8.28. The molecule has 40 heavy (non-hydrogen) atoms. The largest absolute Gasteiger partial charge is 0.508 e. The molecule has 0 spiro atoms. The van der Waals surface area contributed by atoms with Crippen molar-refractivity contribution in [1.29, 1.82) is 0 Å². The molecule has 1 saturated heterocycles. The fourth-order valence-electron chi connectivity index (χ4n) is 8.69. The Morgan fingerprint density at radius 1 is 1.05 bits per heavy atom. The van der Waals surface area contributed by atoms with Gasteiger partial charge in [0.05, 0.1) is 5.60 Å². The van der Waals surface area contributed by atoms with Gasteiger partial charge in [0, 0.05) is 44.1 Å². The highest BCUT2D eigenvalue weighted by Crippen LogP contribution is 2.64. The Bertz CT molecular complexity index is 1100. The Hall–Kier alpha value is -2.12. The summed E-state index contributed by atoms with van der Waals surface area (Å²) in [7, 11) is 0. The molecule has 5 rings (SSSR count). The minimum absolute atomic E-state index is 0.0261. The first kappa shape index (κ1) is 29.4. The van der Waals surface area contributed by atoms with E-state index in [0.29, 0.717) is 55.5 Å². The molecule has 6 atom stereocenters. The quantitative estimate of drug-likeness (QED) is 0.468. The summed E-state index contributed by atoms with van der Waals surface area (Å²) in [4.78, 5) is 30.1. The van der Waals surface area contributed by atoms with Crippen molar-refractivity contribution in [2.75, 3.05) is 32.7 Å². The summed E-state index contributed by atoms with van der Waals surface area (Å²) in [5, 5.41) is 25.2. The van der Waals surface area contributed by atoms with E-state index in [1.807, 2.05) is 30.9 Å². The number of aliphatic hydroxyl groups is 1. The molecule has 2 saturated carbocycles. The van der Waals surface area contributed by atoms with E-state index in [1.54, 1.807) is 0 Å². The number of piperazine rings is 1. The lowest BCUT2D eigenvalue weighted by molar-refractivity contribution is -0.141. The molecule has 2 amide bonds. The second kappa shape index (κ2) is 11.3. The predicted octanol–water partition coefficient (Wildman–Crippen LogP) is 4.31. The van der Waals surface area contributed by atoms with Crippen molar-refractivity contribution in [3.63, 3.8) is 0 Å². The molecule has 4 aliphatic rings. The van der Waals surface area contributed by atoms with Crippen LogP contribution in [0.1, 0.15) is 90.2 Å². The van der Waals surface area contributed by atoms with Gasteiger partial charge in [-0.1, -0.05) is 40.7 Å². The van der Waals surface area contributed by atoms with Gasteiger partial charge in [0.1, 0.15) is 11.8 Å². The Balaban J connectivity index is 1.21. The van der Waals surface area contributed by atoms with E-state index in [0.717, 1.165) is 51.6 Å². The number of carbonyl (C=O) groups excluding carboxylic acids is 2. The van der Waals surface area contributed by atoms with Crippen molar-refractivity contribution >= 4 is 11.8 Å². The molecule has 7 heteroatoms. The summed E-state index contributed by atoms with van der Waals surface area (Å²) in [6.45, 7) is 13.7.